The van der Waals surface area contributed by atoms with Gasteiger partial charge < -0.3 is 15.4 Å². The van der Waals surface area contributed by atoms with Crippen LogP contribution in [0.2, 0.25) is 0 Å². The molecule has 2 aromatic rings. The molecule has 9 nitrogen and oxygen atoms in total. The van der Waals surface area contributed by atoms with E-state index in [-0.39, 0.29) is 30.4 Å². The predicted molar refractivity (Wildman–Crippen MR) is 105 cm³/mol. The summed E-state index contributed by atoms with van der Waals surface area (Å²) in [5.41, 5.74) is 0.468. The summed E-state index contributed by atoms with van der Waals surface area (Å²) in [5, 5.41) is 16.3. The highest BCUT2D eigenvalue weighted by Gasteiger charge is 2.18. The summed E-state index contributed by atoms with van der Waals surface area (Å²) in [6.45, 7) is 2.17. The van der Waals surface area contributed by atoms with Crippen molar-refractivity contribution in [3.8, 4) is 5.75 Å². The smallest absolute Gasteiger partial charge is 0.292 e. The molecule has 2 N–H and O–H groups in total. The van der Waals surface area contributed by atoms with Crippen molar-refractivity contribution >= 4 is 28.9 Å². The number of amides is 2. The number of anilines is 2. The van der Waals surface area contributed by atoms with Crippen molar-refractivity contribution in [2.45, 2.75) is 6.92 Å². The van der Waals surface area contributed by atoms with Crippen LogP contribution in [0.3, 0.4) is 0 Å². The second-order valence-corrected chi connectivity index (χ2v) is 5.87. The maximum Gasteiger partial charge on any atom is 0.292 e. The molecule has 0 saturated carbocycles. The molecule has 0 radical (unpaired) electrons. The molecule has 0 bridgehead atoms. The Balaban J connectivity index is 1.95. The lowest BCUT2D eigenvalue weighted by Gasteiger charge is -2.19. The Hall–Kier alpha value is -3.46. The topological polar surface area (TPSA) is 114 Å². The Labute approximate surface area is 162 Å². The summed E-state index contributed by atoms with van der Waals surface area (Å²) in [5.74, 6) is -0.209. The summed E-state index contributed by atoms with van der Waals surface area (Å²) in [6, 6.07) is 12.9. The number of nitrogens with zero attached hydrogens (tertiary/aromatic N) is 2. The second kappa shape index (κ2) is 10.0. The lowest BCUT2D eigenvalue weighted by atomic mass is 10.2. The first-order valence-corrected chi connectivity index (χ1v) is 8.63. The Morgan fingerprint density at radius 3 is 2.11 bits per heavy atom. The number of nitro benzene ring substituents is 1. The fourth-order valence-electron chi connectivity index (χ4n) is 2.55. The van der Waals surface area contributed by atoms with Gasteiger partial charge in [-0.1, -0.05) is 31.2 Å². The molecule has 0 saturated heterocycles. The number of nitrogens with one attached hydrogen (secondary N) is 2. The minimum Gasteiger partial charge on any atom is -0.495 e. The third-order valence-corrected chi connectivity index (χ3v) is 3.94. The molecule has 2 aromatic carbocycles. The van der Waals surface area contributed by atoms with E-state index in [1.54, 1.807) is 35.2 Å². The van der Waals surface area contributed by atoms with Crippen LogP contribution in [0.4, 0.5) is 17.1 Å². The van der Waals surface area contributed by atoms with Gasteiger partial charge in [-0.25, -0.2) is 0 Å². The van der Waals surface area contributed by atoms with E-state index in [1.165, 1.54) is 25.3 Å². The quantitative estimate of drug-likeness (QED) is 0.506. The van der Waals surface area contributed by atoms with Crippen LogP contribution in [-0.4, -0.2) is 48.4 Å². The lowest BCUT2D eigenvalue weighted by Crippen LogP contribution is -2.38. The van der Waals surface area contributed by atoms with Crippen molar-refractivity contribution < 1.29 is 19.2 Å². The van der Waals surface area contributed by atoms with Gasteiger partial charge in [0.1, 0.15) is 11.4 Å². The Morgan fingerprint density at radius 1 is 1.00 bits per heavy atom. The van der Waals surface area contributed by atoms with Gasteiger partial charge in [-0.2, -0.15) is 0 Å². The molecule has 2 rings (SSSR count). The van der Waals surface area contributed by atoms with E-state index < -0.39 is 10.8 Å². The number of carbonyl (C=O) groups excluding carboxylic acids is 2. The van der Waals surface area contributed by atoms with Gasteiger partial charge >= 0.3 is 0 Å². The van der Waals surface area contributed by atoms with Crippen LogP contribution < -0.4 is 15.4 Å². The SMILES string of the molecule is CCN(CC(=O)Nc1ccccc1OC)CC(=O)Nc1ccccc1[N+](=O)[O-]. The highest BCUT2D eigenvalue weighted by atomic mass is 16.6. The van der Waals surface area contributed by atoms with E-state index in [0.717, 1.165) is 0 Å². The zero-order valence-electron chi connectivity index (χ0n) is 15.7. The monoisotopic (exact) mass is 386 g/mol. The van der Waals surface area contributed by atoms with Gasteiger partial charge in [0.25, 0.3) is 5.69 Å². The number of likely N-dealkylation sites (N-methyl/N-ethyl adjacent to an activating group) is 1. The molecule has 0 aliphatic heterocycles. The molecule has 0 heterocycles. The number of hydrogen-bond donors (Lipinski definition) is 2. The molecule has 0 spiro atoms. The second-order valence-electron chi connectivity index (χ2n) is 5.87. The van der Waals surface area contributed by atoms with Gasteiger partial charge in [0.05, 0.1) is 30.8 Å². The van der Waals surface area contributed by atoms with Gasteiger partial charge in [0, 0.05) is 6.07 Å². The average molecular weight is 386 g/mol. The highest BCUT2D eigenvalue weighted by molar-refractivity contribution is 5.96. The first-order chi connectivity index (χ1) is 13.4. The molecule has 0 fully saturated rings. The maximum atomic E-state index is 12.3. The zero-order chi connectivity index (χ0) is 20.5. The van der Waals surface area contributed by atoms with E-state index in [0.29, 0.717) is 18.0 Å². The summed E-state index contributed by atoms with van der Waals surface area (Å²) in [7, 11) is 1.51. The van der Waals surface area contributed by atoms with Crippen LogP contribution in [0, 0.1) is 10.1 Å². The molecule has 148 valence electrons. The molecule has 0 aromatic heterocycles. The maximum absolute atomic E-state index is 12.3. The van der Waals surface area contributed by atoms with Crippen molar-refractivity contribution in [1.82, 2.24) is 4.90 Å². The van der Waals surface area contributed by atoms with Crippen LogP contribution in [0.25, 0.3) is 0 Å². The van der Waals surface area contributed by atoms with Crippen LogP contribution in [0.1, 0.15) is 6.92 Å². The van der Waals surface area contributed by atoms with Crippen LogP contribution in [0.5, 0.6) is 5.75 Å². The highest BCUT2D eigenvalue weighted by Crippen LogP contribution is 2.24. The van der Waals surface area contributed by atoms with Crippen molar-refractivity contribution in [1.29, 1.82) is 0 Å². The number of benzene rings is 2. The number of para-hydroxylation sites is 4. The number of hydrogen-bond acceptors (Lipinski definition) is 6. The lowest BCUT2D eigenvalue weighted by molar-refractivity contribution is -0.383. The van der Waals surface area contributed by atoms with Crippen LogP contribution in [-0.2, 0) is 9.59 Å². The zero-order valence-corrected chi connectivity index (χ0v) is 15.7. The molecule has 0 atom stereocenters. The fraction of sp³-hybridized carbons (Fsp3) is 0.263. The fourth-order valence-corrected chi connectivity index (χ4v) is 2.55. The third kappa shape index (κ3) is 5.78. The van der Waals surface area contributed by atoms with E-state index in [9.17, 15) is 19.7 Å². The first-order valence-electron chi connectivity index (χ1n) is 8.63. The average Bonchev–Trinajstić information content (AvgIpc) is 2.68. The van der Waals surface area contributed by atoms with E-state index in [2.05, 4.69) is 10.6 Å². The van der Waals surface area contributed by atoms with Crippen molar-refractivity contribution in [3.05, 3.63) is 58.6 Å². The molecule has 9 heteroatoms. The van der Waals surface area contributed by atoms with E-state index in [4.69, 9.17) is 4.74 Å². The number of ether oxygens (including phenoxy) is 1. The number of carbonyl (C=O) groups is 2. The molecule has 0 unspecified atom stereocenters. The number of nitro groups is 1. The van der Waals surface area contributed by atoms with Gasteiger partial charge in [-0.3, -0.25) is 24.6 Å². The molecular weight excluding hydrogens is 364 g/mol. The van der Waals surface area contributed by atoms with Crippen molar-refractivity contribution in [3.63, 3.8) is 0 Å². The van der Waals surface area contributed by atoms with Gasteiger partial charge in [0.15, 0.2) is 0 Å². The van der Waals surface area contributed by atoms with Crippen LogP contribution in [0.15, 0.2) is 48.5 Å². The Morgan fingerprint density at radius 2 is 1.54 bits per heavy atom. The summed E-state index contributed by atoms with van der Waals surface area (Å²) >= 11 is 0. The molecular formula is C19H22N4O5. The Bertz CT molecular complexity index is 856. The van der Waals surface area contributed by atoms with E-state index in [1.807, 2.05) is 6.92 Å². The number of rotatable bonds is 9. The first kappa shape index (κ1) is 20.8. The molecule has 2 amide bonds. The van der Waals surface area contributed by atoms with E-state index >= 15 is 0 Å². The van der Waals surface area contributed by atoms with Gasteiger partial charge in [-0.05, 0) is 24.7 Å². The standard InChI is InChI=1S/C19H22N4O5/c1-3-22(13-19(25)21-15-9-5-7-11-17(15)28-2)12-18(24)20-14-8-4-6-10-16(14)23(26)27/h4-11H,3,12-13H2,1-2H3,(H,20,24)(H,21,25). The summed E-state index contributed by atoms with van der Waals surface area (Å²) < 4.78 is 5.19. The summed E-state index contributed by atoms with van der Waals surface area (Å²) in [4.78, 5) is 36.7. The number of methoxy groups -OCH3 is 1. The third-order valence-electron chi connectivity index (χ3n) is 3.94. The minimum absolute atomic E-state index is 0.0150. The van der Waals surface area contributed by atoms with Crippen LogP contribution >= 0.6 is 0 Å². The largest absolute Gasteiger partial charge is 0.495 e. The van der Waals surface area contributed by atoms with Crippen molar-refractivity contribution in [2.24, 2.45) is 0 Å². The predicted octanol–water partition coefficient (Wildman–Crippen LogP) is 2.50. The van der Waals surface area contributed by atoms with Crippen molar-refractivity contribution in [2.75, 3.05) is 37.4 Å². The molecule has 0 aliphatic rings. The minimum atomic E-state index is -0.562. The Kier molecular flexibility index (Phi) is 7.46. The van der Waals surface area contributed by atoms with Gasteiger partial charge in [0.2, 0.25) is 11.8 Å². The summed E-state index contributed by atoms with van der Waals surface area (Å²) in [6.07, 6.45) is 0. The normalized spacial score (nSPS) is 10.4. The molecule has 28 heavy (non-hydrogen) atoms. The van der Waals surface area contributed by atoms with Gasteiger partial charge in [-0.15, -0.1) is 0 Å². The molecule has 0 aliphatic carbocycles.